The van der Waals surface area contributed by atoms with Crippen molar-refractivity contribution in [3.8, 4) is 0 Å². The number of nitrogens with zero attached hydrogens (tertiary/aromatic N) is 1. The molecule has 21 heavy (non-hydrogen) atoms. The van der Waals surface area contributed by atoms with Crippen molar-refractivity contribution in [2.75, 3.05) is 6.54 Å². The molecule has 114 valence electrons. The first-order valence-electron chi connectivity index (χ1n) is 7.58. The first-order valence-corrected chi connectivity index (χ1v) is 7.58. The first kappa shape index (κ1) is 15.7. The monoisotopic (exact) mass is 288 g/mol. The van der Waals surface area contributed by atoms with Crippen LogP contribution in [-0.2, 0) is 15.1 Å². The summed E-state index contributed by atoms with van der Waals surface area (Å²) in [5.74, 6) is -0.185. The van der Waals surface area contributed by atoms with Crippen molar-refractivity contribution in [2.24, 2.45) is 11.1 Å². The van der Waals surface area contributed by atoms with E-state index in [9.17, 15) is 9.59 Å². The number of amides is 2. The molecule has 2 rings (SSSR count). The smallest absolute Gasteiger partial charge is 0.236 e. The van der Waals surface area contributed by atoms with Crippen LogP contribution in [0.1, 0.15) is 45.6 Å². The SMILES string of the molecule is CCC1(CC)CC(=O)N(C(C)(CN)c2ccccc2)C1=O. The molecule has 0 aliphatic carbocycles. The predicted octanol–water partition coefficient (Wildman–Crippen LogP) is 2.43. The fourth-order valence-corrected chi connectivity index (χ4v) is 3.23. The van der Waals surface area contributed by atoms with Crippen molar-refractivity contribution in [1.82, 2.24) is 4.90 Å². The Morgan fingerprint density at radius 1 is 1.19 bits per heavy atom. The molecule has 4 nitrogen and oxygen atoms in total. The van der Waals surface area contributed by atoms with Gasteiger partial charge in [0.2, 0.25) is 11.8 Å². The van der Waals surface area contributed by atoms with Crippen LogP contribution in [0.15, 0.2) is 30.3 Å². The van der Waals surface area contributed by atoms with Gasteiger partial charge < -0.3 is 5.73 Å². The van der Waals surface area contributed by atoms with Crippen LogP contribution in [0.25, 0.3) is 0 Å². The fourth-order valence-electron chi connectivity index (χ4n) is 3.23. The highest BCUT2D eigenvalue weighted by Crippen LogP contribution is 2.44. The van der Waals surface area contributed by atoms with Crippen LogP contribution in [0.3, 0.4) is 0 Å². The molecule has 2 N–H and O–H groups in total. The number of carbonyl (C=O) groups excluding carboxylic acids is 2. The summed E-state index contributed by atoms with van der Waals surface area (Å²) in [5.41, 5.74) is 5.54. The molecule has 1 aliphatic heterocycles. The molecule has 0 aromatic heterocycles. The maximum Gasteiger partial charge on any atom is 0.236 e. The van der Waals surface area contributed by atoms with Gasteiger partial charge in [-0.1, -0.05) is 44.2 Å². The molecular weight excluding hydrogens is 264 g/mol. The van der Waals surface area contributed by atoms with E-state index in [2.05, 4.69) is 0 Å². The summed E-state index contributed by atoms with van der Waals surface area (Å²) >= 11 is 0. The third-order valence-corrected chi connectivity index (χ3v) is 5.04. The molecule has 1 saturated heterocycles. The number of imide groups is 1. The van der Waals surface area contributed by atoms with E-state index in [4.69, 9.17) is 5.73 Å². The maximum absolute atomic E-state index is 12.9. The molecule has 2 amide bonds. The summed E-state index contributed by atoms with van der Waals surface area (Å²) in [6, 6.07) is 9.56. The minimum atomic E-state index is -0.776. The van der Waals surface area contributed by atoms with E-state index in [-0.39, 0.29) is 18.4 Å². The van der Waals surface area contributed by atoms with Gasteiger partial charge in [0, 0.05) is 13.0 Å². The molecule has 4 heteroatoms. The molecule has 0 bridgehead atoms. The number of rotatable bonds is 5. The van der Waals surface area contributed by atoms with Crippen molar-refractivity contribution < 1.29 is 9.59 Å². The van der Waals surface area contributed by atoms with Gasteiger partial charge >= 0.3 is 0 Å². The Bertz CT molecular complexity index is 537. The van der Waals surface area contributed by atoms with Crippen LogP contribution < -0.4 is 5.73 Å². The largest absolute Gasteiger partial charge is 0.328 e. The Kier molecular flexibility index (Phi) is 4.19. The van der Waals surface area contributed by atoms with Crippen molar-refractivity contribution in [3.05, 3.63) is 35.9 Å². The summed E-state index contributed by atoms with van der Waals surface area (Å²) in [5, 5.41) is 0. The van der Waals surface area contributed by atoms with Crippen LogP contribution >= 0.6 is 0 Å². The highest BCUT2D eigenvalue weighted by Gasteiger charge is 2.54. The van der Waals surface area contributed by atoms with Crippen LogP contribution in [0.4, 0.5) is 0 Å². The van der Waals surface area contributed by atoms with Crippen LogP contribution in [0.2, 0.25) is 0 Å². The topological polar surface area (TPSA) is 63.4 Å². The van der Waals surface area contributed by atoms with Gasteiger partial charge in [0.05, 0.1) is 11.0 Å². The van der Waals surface area contributed by atoms with Crippen molar-refractivity contribution in [2.45, 2.75) is 45.6 Å². The summed E-state index contributed by atoms with van der Waals surface area (Å²) in [4.78, 5) is 26.9. The second-order valence-electron chi connectivity index (χ2n) is 6.04. The zero-order chi connectivity index (χ0) is 15.7. The van der Waals surface area contributed by atoms with E-state index in [1.165, 1.54) is 4.90 Å². The van der Waals surface area contributed by atoms with Gasteiger partial charge in [0.25, 0.3) is 0 Å². The number of benzene rings is 1. The Morgan fingerprint density at radius 3 is 2.19 bits per heavy atom. The quantitative estimate of drug-likeness (QED) is 0.846. The minimum absolute atomic E-state index is 0.0747. The summed E-state index contributed by atoms with van der Waals surface area (Å²) < 4.78 is 0. The van der Waals surface area contributed by atoms with Crippen molar-refractivity contribution >= 4 is 11.8 Å². The zero-order valence-corrected chi connectivity index (χ0v) is 13.1. The van der Waals surface area contributed by atoms with Crippen LogP contribution in [-0.4, -0.2) is 23.3 Å². The average molecular weight is 288 g/mol. The lowest BCUT2D eigenvalue weighted by Gasteiger charge is -2.38. The lowest BCUT2D eigenvalue weighted by molar-refractivity contribution is -0.148. The standard InChI is InChI=1S/C17H24N2O2/c1-4-17(5-2)11-14(20)19(15(17)21)16(3,12-18)13-9-7-6-8-10-13/h6-10H,4-5,11-12,18H2,1-3H3. The second kappa shape index (κ2) is 5.60. The van der Waals surface area contributed by atoms with E-state index in [0.717, 1.165) is 5.56 Å². The van der Waals surface area contributed by atoms with Gasteiger partial charge in [-0.15, -0.1) is 0 Å². The van der Waals surface area contributed by atoms with Crippen LogP contribution in [0.5, 0.6) is 0 Å². The number of hydrogen-bond donors (Lipinski definition) is 1. The molecule has 1 fully saturated rings. The van der Waals surface area contributed by atoms with Gasteiger partial charge in [-0.25, -0.2) is 0 Å². The Morgan fingerprint density at radius 2 is 1.76 bits per heavy atom. The molecule has 1 heterocycles. The van der Waals surface area contributed by atoms with Crippen molar-refractivity contribution in [1.29, 1.82) is 0 Å². The summed E-state index contributed by atoms with van der Waals surface area (Å²) in [6.07, 6.45) is 1.65. The zero-order valence-electron chi connectivity index (χ0n) is 13.1. The lowest BCUT2D eigenvalue weighted by atomic mass is 9.80. The van der Waals surface area contributed by atoms with Crippen LogP contribution in [0, 0.1) is 5.41 Å². The molecule has 1 aromatic carbocycles. The molecule has 1 unspecified atom stereocenters. The third kappa shape index (κ3) is 2.27. The van der Waals surface area contributed by atoms with Gasteiger partial charge in [0.15, 0.2) is 0 Å². The third-order valence-electron chi connectivity index (χ3n) is 5.04. The van der Waals surface area contributed by atoms with E-state index in [1.807, 2.05) is 51.1 Å². The van der Waals surface area contributed by atoms with Gasteiger partial charge in [-0.2, -0.15) is 0 Å². The number of nitrogens with two attached hydrogens (primary N) is 1. The Labute approximate surface area is 126 Å². The molecular formula is C17H24N2O2. The molecule has 0 spiro atoms. The Balaban J connectivity index is 2.48. The number of carbonyl (C=O) groups is 2. The van der Waals surface area contributed by atoms with E-state index >= 15 is 0 Å². The normalized spacial score (nSPS) is 20.7. The minimum Gasteiger partial charge on any atom is -0.328 e. The lowest BCUT2D eigenvalue weighted by Crippen LogP contribution is -2.53. The summed E-state index contributed by atoms with van der Waals surface area (Å²) in [7, 11) is 0. The molecule has 1 atom stereocenters. The molecule has 0 saturated carbocycles. The van der Waals surface area contributed by atoms with E-state index in [0.29, 0.717) is 19.3 Å². The predicted molar refractivity (Wildman–Crippen MR) is 82.3 cm³/mol. The van der Waals surface area contributed by atoms with Crippen molar-refractivity contribution in [3.63, 3.8) is 0 Å². The number of hydrogen-bond acceptors (Lipinski definition) is 3. The molecule has 1 aliphatic rings. The number of likely N-dealkylation sites (tertiary alicyclic amines) is 1. The van der Waals surface area contributed by atoms with E-state index in [1.54, 1.807) is 0 Å². The molecule has 1 aromatic rings. The highest BCUT2D eigenvalue weighted by atomic mass is 16.2. The van der Waals surface area contributed by atoms with Gasteiger partial charge in [-0.3, -0.25) is 14.5 Å². The summed E-state index contributed by atoms with van der Waals surface area (Å²) in [6.45, 7) is 6.04. The molecule has 0 radical (unpaired) electrons. The second-order valence-corrected chi connectivity index (χ2v) is 6.04. The average Bonchev–Trinajstić information content (AvgIpc) is 2.79. The van der Waals surface area contributed by atoms with Gasteiger partial charge in [0.1, 0.15) is 0 Å². The maximum atomic E-state index is 12.9. The highest BCUT2D eigenvalue weighted by molar-refractivity contribution is 6.06. The van der Waals surface area contributed by atoms with E-state index < -0.39 is 11.0 Å². The fraction of sp³-hybridized carbons (Fsp3) is 0.529. The Hall–Kier alpha value is -1.68. The first-order chi connectivity index (χ1) is 9.95. The van der Waals surface area contributed by atoms with Gasteiger partial charge in [-0.05, 0) is 25.3 Å².